The number of fused-ring (bicyclic) bond motifs is 1. The van der Waals surface area contributed by atoms with Gasteiger partial charge in [0.2, 0.25) is 0 Å². The molecule has 2 aliphatic rings. The van der Waals surface area contributed by atoms with Crippen molar-refractivity contribution in [2.75, 3.05) is 6.61 Å². The van der Waals surface area contributed by atoms with Crippen LogP contribution in [-0.4, -0.2) is 41.0 Å². The Bertz CT molecular complexity index is 744. The summed E-state index contributed by atoms with van der Waals surface area (Å²) in [5.41, 5.74) is 3.36. The lowest BCUT2D eigenvalue weighted by molar-refractivity contribution is -0.202. The van der Waals surface area contributed by atoms with E-state index in [1.165, 1.54) is 5.56 Å². The fourth-order valence-corrected chi connectivity index (χ4v) is 3.63. The molecule has 4 atom stereocenters. The van der Waals surface area contributed by atoms with E-state index in [1.54, 1.807) is 12.0 Å². The number of aliphatic hydroxyl groups is 1. The molecule has 130 valence electrons. The van der Waals surface area contributed by atoms with Gasteiger partial charge in [0.1, 0.15) is 12.1 Å². The third kappa shape index (κ3) is 3.06. The van der Waals surface area contributed by atoms with Crippen LogP contribution in [0.25, 0.3) is 11.1 Å². The Morgan fingerprint density at radius 1 is 1.12 bits per heavy atom. The minimum absolute atomic E-state index is 0.115. The number of benzene rings is 2. The Morgan fingerprint density at radius 2 is 1.80 bits per heavy atom. The number of nitrogens with zero attached hydrogens (tertiary/aromatic N) is 1. The normalized spacial score (nSPS) is 27.1. The summed E-state index contributed by atoms with van der Waals surface area (Å²) in [7, 11) is 0. The molecule has 0 unspecified atom stereocenters. The van der Waals surface area contributed by atoms with Crippen molar-refractivity contribution in [2.45, 2.75) is 31.7 Å². The van der Waals surface area contributed by atoms with Crippen LogP contribution in [0, 0.1) is 5.92 Å². The highest BCUT2D eigenvalue weighted by Crippen LogP contribution is 2.36. The van der Waals surface area contributed by atoms with Crippen LogP contribution in [0.3, 0.4) is 0 Å². The van der Waals surface area contributed by atoms with Gasteiger partial charge in [-0.05, 0) is 23.6 Å². The van der Waals surface area contributed by atoms with Crippen LogP contribution < -0.4 is 0 Å². The van der Waals surface area contributed by atoms with Gasteiger partial charge in [0, 0.05) is 0 Å². The largest absolute Gasteiger partial charge is 0.464 e. The van der Waals surface area contributed by atoms with Gasteiger partial charge in [-0.15, -0.1) is 0 Å². The molecule has 2 aromatic rings. The van der Waals surface area contributed by atoms with Crippen LogP contribution in [0.4, 0.5) is 0 Å². The lowest BCUT2D eigenvalue weighted by Gasteiger charge is -2.21. The van der Waals surface area contributed by atoms with Crippen molar-refractivity contribution in [3.63, 3.8) is 0 Å². The van der Waals surface area contributed by atoms with Crippen LogP contribution >= 0.6 is 0 Å². The van der Waals surface area contributed by atoms with E-state index in [2.05, 4.69) is 24.3 Å². The highest BCUT2D eigenvalue weighted by molar-refractivity contribution is 5.78. The Balaban J connectivity index is 1.51. The maximum absolute atomic E-state index is 12.0. The molecule has 25 heavy (non-hydrogen) atoms. The van der Waals surface area contributed by atoms with Crippen molar-refractivity contribution in [2.24, 2.45) is 5.92 Å². The van der Waals surface area contributed by atoms with Crippen LogP contribution in [0.5, 0.6) is 0 Å². The molecule has 0 amide bonds. The van der Waals surface area contributed by atoms with Crippen molar-refractivity contribution >= 4 is 5.97 Å². The standard InChI is InChI=1S/C20H21NO4/c1-13(22)19-17-12-24-20(23)18(17)21(25-19)11-14-7-9-16(10-8-14)15-5-3-2-4-6-15/h2-10,13,17-19,22H,11-12H2,1H3/t13-,17-,18-,19-/m0/s1. The Labute approximate surface area is 146 Å². The molecule has 0 saturated carbocycles. The highest BCUT2D eigenvalue weighted by atomic mass is 16.7. The summed E-state index contributed by atoms with van der Waals surface area (Å²) < 4.78 is 5.17. The van der Waals surface area contributed by atoms with Crippen molar-refractivity contribution < 1.29 is 19.5 Å². The third-order valence-electron chi connectivity index (χ3n) is 4.93. The smallest absolute Gasteiger partial charge is 0.326 e. The molecule has 0 spiro atoms. The van der Waals surface area contributed by atoms with Crippen molar-refractivity contribution in [3.05, 3.63) is 60.2 Å². The van der Waals surface area contributed by atoms with Gasteiger partial charge in [-0.2, -0.15) is 5.06 Å². The maximum Gasteiger partial charge on any atom is 0.326 e. The molecular weight excluding hydrogens is 318 g/mol. The van der Waals surface area contributed by atoms with Gasteiger partial charge in [-0.3, -0.25) is 9.63 Å². The second-order valence-corrected chi connectivity index (χ2v) is 6.69. The fourth-order valence-electron chi connectivity index (χ4n) is 3.63. The lowest BCUT2D eigenvalue weighted by Crippen LogP contribution is -2.35. The van der Waals surface area contributed by atoms with E-state index in [0.717, 1.165) is 11.1 Å². The van der Waals surface area contributed by atoms with Gasteiger partial charge in [-0.25, -0.2) is 0 Å². The van der Waals surface area contributed by atoms with Crippen molar-refractivity contribution in [1.29, 1.82) is 0 Å². The molecule has 0 radical (unpaired) electrons. The Hall–Kier alpha value is -2.21. The van der Waals surface area contributed by atoms with Gasteiger partial charge >= 0.3 is 5.97 Å². The first-order valence-electron chi connectivity index (χ1n) is 8.56. The Morgan fingerprint density at radius 3 is 2.48 bits per heavy atom. The molecular formula is C20H21NO4. The zero-order valence-electron chi connectivity index (χ0n) is 14.0. The molecule has 5 heteroatoms. The fraction of sp³-hybridized carbons (Fsp3) is 0.350. The van der Waals surface area contributed by atoms with E-state index >= 15 is 0 Å². The SMILES string of the molecule is C[C@H](O)[C@@H]1ON(Cc2ccc(-c3ccccc3)cc2)[C@@H]2C(=O)OC[C@H]12. The summed E-state index contributed by atoms with van der Waals surface area (Å²) in [6, 6.07) is 18.0. The van der Waals surface area contributed by atoms with Crippen LogP contribution in [0.2, 0.25) is 0 Å². The van der Waals surface area contributed by atoms with Gasteiger partial charge in [0.15, 0.2) is 0 Å². The molecule has 0 aromatic heterocycles. The molecule has 2 saturated heterocycles. The number of rotatable bonds is 4. The molecule has 5 nitrogen and oxygen atoms in total. The first-order valence-corrected chi connectivity index (χ1v) is 8.56. The second-order valence-electron chi connectivity index (χ2n) is 6.69. The Kier molecular flexibility index (Phi) is 4.29. The monoisotopic (exact) mass is 339 g/mol. The van der Waals surface area contributed by atoms with Gasteiger partial charge < -0.3 is 9.84 Å². The second kappa shape index (κ2) is 6.59. The molecule has 2 aromatic carbocycles. The summed E-state index contributed by atoms with van der Waals surface area (Å²) in [6.45, 7) is 2.47. The topological polar surface area (TPSA) is 59.0 Å². The summed E-state index contributed by atoms with van der Waals surface area (Å²) >= 11 is 0. The van der Waals surface area contributed by atoms with Gasteiger partial charge in [-0.1, -0.05) is 54.6 Å². The molecule has 4 rings (SSSR count). The summed E-state index contributed by atoms with van der Waals surface area (Å²) in [4.78, 5) is 17.9. The molecule has 0 bridgehead atoms. The van der Waals surface area contributed by atoms with Crippen molar-refractivity contribution in [1.82, 2.24) is 5.06 Å². The average molecular weight is 339 g/mol. The minimum atomic E-state index is -0.646. The minimum Gasteiger partial charge on any atom is -0.464 e. The number of carbonyl (C=O) groups is 1. The van der Waals surface area contributed by atoms with Crippen molar-refractivity contribution in [3.8, 4) is 11.1 Å². The van der Waals surface area contributed by atoms with E-state index in [1.807, 2.05) is 30.3 Å². The quantitative estimate of drug-likeness (QED) is 0.867. The third-order valence-corrected chi connectivity index (χ3v) is 4.93. The average Bonchev–Trinajstić information content (AvgIpc) is 3.18. The number of hydroxylamine groups is 2. The molecule has 2 fully saturated rings. The van der Waals surface area contributed by atoms with E-state index in [9.17, 15) is 9.90 Å². The van der Waals surface area contributed by atoms with E-state index < -0.39 is 18.2 Å². The van der Waals surface area contributed by atoms with Crippen LogP contribution in [0.15, 0.2) is 54.6 Å². The van der Waals surface area contributed by atoms with Crippen LogP contribution in [0.1, 0.15) is 12.5 Å². The molecule has 2 aliphatic heterocycles. The van der Waals surface area contributed by atoms with E-state index in [0.29, 0.717) is 13.2 Å². The first-order chi connectivity index (χ1) is 12.1. The van der Waals surface area contributed by atoms with E-state index in [4.69, 9.17) is 9.57 Å². The summed E-state index contributed by atoms with van der Waals surface area (Å²) in [5, 5.41) is 11.6. The van der Waals surface area contributed by atoms with E-state index in [-0.39, 0.29) is 11.9 Å². The zero-order chi connectivity index (χ0) is 17.4. The number of hydrogen-bond acceptors (Lipinski definition) is 5. The molecule has 0 aliphatic carbocycles. The predicted octanol–water partition coefficient (Wildman–Crippen LogP) is 2.39. The number of aliphatic hydroxyl groups excluding tert-OH is 1. The predicted molar refractivity (Wildman–Crippen MR) is 92.2 cm³/mol. The number of cyclic esters (lactones) is 1. The number of esters is 1. The number of carbonyl (C=O) groups excluding carboxylic acids is 1. The first kappa shape index (κ1) is 16.3. The van der Waals surface area contributed by atoms with Gasteiger partial charge in [0.25, 0.3) is 0 Å². The zero-order valence-corrected chi connectivity index (χ0v) is 14.0. The molecule has 1 N–H and O–H groups in total. The van der Waals surface area contributed by atoms with Gasteiger partial charge in [0.05, 0.1) is 25.2 Å². The number of hydrogen-bond donors (Lipinski definition) is 1. The highest BCUT2D eigenvalue weighted by Gasteiger charge is 2.54. The number of ether oxygens (including phenoxy) is 1. The molecule has 2 heterocycles. The van der Waals surface area contributed by atoms with Crippen LogP contribution in [-0.2, 0) is 20.9 Å². The lowest BCUT2D eigenvalue weighted by atomic mass is 9.95. The summed E-state index contributed by atoms with van der Waals surface area (Å²) in [6.07, 6.45) is -1.05. The summed E-state index contributed by atoms with van der Waals surface area (Å²) in [5.74, 6) is -0.384. The maximum atomic E-state index is 12.0.